The van der Waals surface area contributed by atoms with E-state index in [0.29, 0.717) is 12.5 Å². The van der Waals surface area contributed by atoms with Gasteiger partial charge in [-0.15, -0.1) is 0 Å². The lowest BCUT2D eigenvalue weighted by atomic mass is 10.2. The van der Waals surface area contributed by atoms with Crippen LogP contribution in [-0.2, 0) is 6.54 Å². The fourth-order valence-corrected chi connectivity index (χ4v) is 1.95. The highest BCUT2D eigenvalue weighted by Gasteiger charge is 2.28. The van der Waals surface area contributed by atoms with Crippen LogP contribution in [-0.4, -0.2) is 17.5 Å². The number of anilines is 1. The summed E-state index contributed by atoms with van der Waals surface area (Å²) in [6.45, 7) is 1.79. The molecule has 0 aliphatic heterocycles. The second-order valence-corrected chi connectivity index (χ2v) is 4.35. The number of nitrogens with two attached hydrogens (primary N) is 1. The van der Waals surface area contributed by atoms with Gasteiger partial charge in [0.2, 0.25) is 0 Å². The molecule has 3 heteroatoms. The summed E-state index contributed by atoms with van der Waals surface area (Å²) in [5.74, 6) is 0. The minimum atomic E-state index is 0.610. The summed E-state index contributed by atoms with van der Waals surface area (Å²) in [4.78, 5) is 2.39. The maximum atomic E-state index is 8.63. The van der Waals surface area contributed by atoms with Gasteiger partial charge < -0.3 is 5.73 Å². The topological polar surface area (TPSA) is 53.0 Å². The van der Waals surface area contributed by atoms with Gasteiger partial charge in [0, 0.05) is 31.2 Å². The summed E-state index contributed by atoms with van der Waals surface area (Å²) in [7, 11) is 0. The van der Waals surface area contributed by atoms with Crippen molar-refractivity contribution < 1.29 is 0 Å². The monoisotopic (exact) mass is 215 g/mol. The van der Waals surface area contributed by atoms with Crippen molar-refractivity contribution in [3.05, 3.63) is 29.8 Å². The second-order valence-electron chi connectivity index (χ2n) is 4.35. The van der Waals surface area contributed by atoms with Crippen molar-refractivity contribution in [1.29, 1.82) is 5.26 Å². The number of hydrogen-bond donors (Lipinski definition) is 1. The van der Waals surface area contributed by atoms with Crippen LogP contribution >= 0.6 is 0 Å². The van der Waals surface area contributed by atoms with E-state index in [1.54, 1.807) is 0 Å². The van der Waals surface area contributed by atoms with Crippen molar-refractivity contribution >= 4 is 5.69 Å². The molecule has 1 aromatic rings. The van der Waals surface area contributed by atoms with Crippen LogP contribution in [0.1, 0.15) is 24.8 Å². The third kappa shape index (κ3) is 2.98. The smallest absolute Gasteiger partial charge is 0.0635 e. The van der Waals surface area contributed by atoms with Gasteiger partial charge in [0.25, 0.3) is 0 Å². The molecule has 16 heavy (non-hydrogen) atoms. The Balaban J connectivity index is 1.97. The Bertz CT molecular complexity index is 390. The van der Waals surface area contributed by atoms with E-state index in [1.807, 2.05) is 18.2 Å². The highest BCUT2D eigenvalue weighted by Crippen LogP contribution is 2.28. The van der Waals surface area contributed by atoms with Crippen molar-refractivity contribution in [2.75, 3.05) is 12.3 Å². The van der Waals surface area contributed by atoms with Crippen molar-refractivity contribution in [2.24, 2.45) is 0 Å². The molecule has 0 aromatic heterocycles. The highest BCUT2D eigenvalue weighted by molar-refractivity contribution is 5.40. The first kappa shape index (κ1) is 11.0. The first-order valence-electron chi connectivity index (χ1n) is 5.75. The molecule has 1 aromatic carbocycles. The second kappa shape index (κ2) is 5.00. The standard InChI is InChI=1S/C13H17N3/c14-7-2-8-16(13-5-6-13)10-11-3-1-4-12(15)9-11/h1,3-4,9,13H,2,5-6,8,10,15H2. The maximum Gasteiger partial charge on any atom is 0.0635 e. The number of hydrogen-bond acceptors (Lipinski definition) is 3. The Labute approximate surface area is 96.5 Å². The maximum absolute atomic E-state index is 8.63. The summed E-state index contributed by atoms with van der Waals surface area (Å²) < 4.78 is 0. The number of nitrogen functional groups attached to an aromatic ring is 1. The molecule has 2 rings (SSSR count). The zero-order valence-electron chi connectivity index (χ0n) is 9.39. The molecule has 0 spiro atoms. The van der Waals surface area contributed by atoms with Crippen LogP contribution in [0.15, 0.2) is 24.3 Å². The van der Waals surface area contributed by atoms with Crippen molar-refractivity contribution in [1.82, 2.24) is 4.90 Å². The Morgan fingerprint density at radius 1 is 1.44 bits per heavy atom. The molecule has 84 valence electrons. The van der Waals surface area contributed by atoms with Gasteiger partial charge in [0.1, 0.15) is 0 Å². The number of nitriles is 1. The molecular formula is C13H17N3. The first-order chi connectivity index (χ1) is 7.79. The predicted octanol–water partition coefficient (Wildman–Crippen LogP) is 2.15. The molecule has 1 saturated carbocycles. The van der Waals surface area contributed by atoms with Crippen molar-refractivity contribution in [3.63, 3.8) is 0 Å². The van der Waals surface area contributed by atoms with E-state index in [2.05, 4.69) is 17.0 Å². The van der Waals surface area contributed by atoms with Gasteiger partial charge in [-0.25, -0.2) is 0 Å². The molecule has 0 bridgehead atoms. The van der Waals surface area contributed by atoms with Crippen LogP contribution in [0, 0.1) is 11.3 Å². The lowest BCUT2D eigenvalue weighted by Crippen LogP contribution is -2.26. The molecule has 0 heterocycles. The van der Waals surface area contributed by atoms with Crippen LogP contribution < -0.4 is 5.73 Å². The molecule has 1 aliphatic carbocycles. The molecule has 0 radical (unpaired) electrons. The van der Waals surface area contributed by atoms with Crippen LogP contribution in [0.25, 0.3) is 0 Å². The van der Waals surface area contributed by atoms with Crippen LogP contribution in [0.4, 0.5) is 5.69 Å². The van der Waals surface area contributed by atoms with E-state index in [1.165, 1.54) is 18.4 Å². The van der Waals surface area contributed by atoms with Gasteiger partial charge >= 0.3 is 0 Å². The lowest BCUT2D eigenvalue weighted by molar-refractivity contribution is 0.261. The normalized spacial score (nSPS) is 15.0. The van der Waals surface area contributed by atoms with Gasteiger partial charge in [-0.3, -0.25) is 4.90 Å². The minimum Gasteiger partial charge on any atom is -0.399 e. The third-order valence-electron chi connectivity index (χ3n) is 2.91. The molecule has 1 aliphatic rings. The van der Waals surface area contributed by atoms with Gasteiger partial charge in [-0.1, -0.05) is 12.1 Å². The lowest BCUT2D eigenvalue weighted by Gasteiger charge is -2.20. The molecule has 0 atom stereocenters. The number of benzene rings is 1. The third-order valence-corrected chi connectivity index (χ3v) is 2.91. The number of nitrogens with zero attached hydrogens (tertiary/aromatic N) is 2. The van der Waals surface area contributed by atoms with Gasteiger partial charge in [-0.2, -0.15) is 5.26 Å². The predicted molar refractivity (Wildman–Crippen MR) is 64.5 cm³/mol. The summed E-state index contributed by atoms with van der Waals surface area (Å²) in [6, 6.07) is 10.9. The highest BCUT2D eigenvalue weighted by atomic mass is 15.2. The van der Waals surface area contributed by atoms with Crippen molar-refractivity contribution in [2.45, 2.75) is 31.8 Å². The average Bonchev–Trinajstić information content (AvgIpc) is 3.08. The fraction of sp³-hybridized carbons (Fsp3) is 0.462. The van der Waals surface area contributed by atoms with Gasteiger partial charge in [0.05, 0.1) is 6.07 Å². The van der Waals surface area contributed by atoms with Crippen LogP contribution in [0.2, 0.25) is 0 Å². The zero-order valence-corrected chi connectivity index (χ0v) is 9.39. The molecule has 3 nitrogen and oxygen atoms in total. The Morgan fingerprint density at radius 3 is 2.88 bits per heavy atom. The molecule has 0 amide bonds. The first-order valence-corrected chi connectivity index (χ1v) is 5.75. The molecular weight excluding hydrogens is 198 g/mol. The van der Waals surface area contributed by atoms with Gasteiger partial charge in [0.15, 0.2) is 0 Å². The molecule has 1 fully saturated rings. The average molecular weight is 215 g/mol. The summed E-state index contributed by atoms with van der Waals surface area (Å²) in [5.41, 5.74) is 7.81. The Hall–Kier alpha value is -1.53. The van der Waals surface area contributed by atoms with Crippen molar-refractivity contribution in [3.8, 4) is 6.07 Å². The molecule has 0 unspecified atom stereocenters. The quantitative estimate of drug-likeness (QED) is 0.766. The molecule has 2 N–H and O–H groups in total. The zero-order chi connectivity index (χ0) is 11.4. The van der Waals surface area contributed by atoms with E-state index in [4.69, 9.17) is 11.0 Å². The SMILES string of the molecule is N#CCCN(Cc1cccc(N)c1)C1CC1. The summed E-state index contributed by atoms with van der Waals surface area (Å²) in [6.07, 6.45) is 3.15. The Kier molecular flexibility index (Phi) is 3.43. The number of rotatable bonds is 5. The van der Waals surface area contributed by atoms with Crippen LogP contribution in [0.3, 0.4) is 0 Å². The van der Waals surface area contributed by atoms with E-state index >= 15 is 0 Å². The van der Waals surface area contributed by atoms with E-state index in [-0.39, 0.29) is 0 Å². The summed E-state index contributed by atoms with van der Waals surface area (Å²) >= 11 is 0. The summed E-state index contributed by atoms with van der Waals surface area (Å²) in [5, 5.41) is 8.63. The van der Waals surface area contributed by atoms with E-state index in [9.17, 15) is 0 Å². The largest absolute Gasteiger partial charge is 0.399 e. The van der Waals surface area contributed by atoms with Gasteiger partial charge in [-0.05, 0) is 30.5 Å². The van der Waals surface area contributed by atoms with E-state index in [0.717, 1.165) is 18.8 Å². The fourth-order valence-electron chi connectivity index (χ4n) is 1.95. The van der Waals surface area contributed by atoms with Crippen LogP contribution in [0.5, 0.6) is 0 Å². The minimum absolute atomic E-state index is 0.610. The Morgan fingerprint density at radius 2 is 2.25 bits per heavy atom. The molecule has 0 saturated heterocycles. The van der Waals surface area contributed by atoms with E-state index < -0.39 is 0 Å².